The number of carbonyl (C=O) groups is 1. The molecule has 0 unspecified atom stereocenters. The second-order valence-electron chi connectivity index (χ2n) is 8.40. The van der Waals surface area contributed by atoms with Crippen LogP contribution < -0.4 is 9.64 Å². The number of nitriles is 2. The molecule has 2 aliphatic rings. The van der Waals surface area contributed by atoms with E-state index in [2.05, 4.69) is 12.1 Å². The van der Waals surface area contributed by atoms with E-state index in [0.717, 1.165) is 11.3 Å². The Labute approximate surface area is 203 Å². The quantitative estimate of drug-likeness (QED) is 0.466. The molecule has 2 heterocycles. The predicted octanol–water partition coefficient (Wildman–Crippen LogP) is 5.63. The van der Waals surface area contributed by atoms with Crippen molar-refractivity contribution in [3.8, 4) is 17.9 Å². The summed E-state index contributed by atoms with van der Waals surface area (Å²) < 4.78 is 5.63. The Bertz CT molecular complexity index is 1370. The molecule has 3 aromatic rings. The number of anilines is 1. The number of fused-ring (bicyclic) bond motifs is 3. The van der Waals surface area contributed by atoms with Crippen LogP contribution in [0.2, 0.25) is 5.02 Å². The molecule has 34 heavy (non-hydrogen) atoms. The fourth-order valence-corrected chi connectivity index (χ4v) is 5.49. The third-order valence-corrected chi connectivity index (χ3v) is 7.00. The number of hydrogen-bond donors (Lipinski definition) is 0. The molecule has 5 nitrogen and oxygen atoms in total. The smallest absolute Gasteiger partial charge is 0.185 e. The first-order chi connectivity index (χ1) is 16.6. The van der Waals surface area contributed by atoms with E-state index < -0.39 is 23.4 Å². The van der Waals surface area contributed by atoms with Crippen LogP contribution in [-0.2, 0) is 0 Å². The average Bonchev–Trinajstić information content (AvgIpc) is 3.19. The van der Waals surface area contributed by atoms with Crippen LogP contribution in [0.25, 0.3) is 6.08 Å². The molecule has 0 N–H and O–H groups in total. The van der Waals surface area contributed by atoms with Gasteiger partial charge in [0.1, 0.15) is 11.8 Å². The van der Waals surface area contributed by atoms with Gasteiger partial charge in [-0.15, -0.1) is 0 Å². The third kappa shape index (κ3) is 3.10. The highest BCUT2D eigenvalue weighted by Crippen LogP contribution is 2.57. The second-order valence-corrected chi connectivity index (χ2v) is 8.84. The SMILES string of the molecule is COc1ccccc1[C@H]1[C@H](C(=O)c2ccccc2)N2c3ccc(Cl)cc3C=C[C@H]2C1(C#N)C#N. The van der Waals surface area contributed by atoms with Gasteiger partial charge in [0.05, 0.1) is 25.3 Å². The van der Waals surface area contributed by atoms with Gasteiger partial charge < -0.3 is 9.64 Å². The molecule has 0 saturated carbocycles. The van der Waals surface area contributed by atoms with Gasteiger partial charge >= 0.3 is 0 Å². The topological polar surface area (TPSA) is 77.1 Å². The van der Waals surface area contributed by atoms with Gasteiger partial charge in [0, 0.05) is 27.8 Å². The Hall–Kier alpha value is -4.06. The summed E-state index contributed by atoms with van der Waals surface area (Å²) in [5.41, 5.74) is 1.24. The van der Waals surface area contributed by atoms with Crippen LogP contribution in [0.3, 0.4) is 0 Å². The summed E-state index contributed by atoms with van der Waals surface area (Å²) in [4.78, 5) is 16.1. The largest absolute Gasteiger partial charge is 0.496 e. The van der Waals surface area contributed by atoms with Gasteiger partial charge in [-0.1, -0.05) is 72.3 Å². The minimum absolute atomic E-state index is 0.162. The molecule has 0 amide bonds. The third-order valence-electron chi connectivity index (χ3n) is 6.77. The highest BCUT2D eigenvalue weighted by atomic mass is 35.5. The van der Waals surface area contributed by atoms with Crippen LogP contribution >= 0.6 is 11.6 Å². The Morgan fingerprint density at radius 3 is 2.44 bits per heavy atom. The number of carbonyl (C=O) groups excluding carboxylic acids is 1. The molecule has 0 aromatic heterocycles. The van der Waals surface area contributed by atoms with Crippen LogP contribution in [0.5, 0.6) is 5.75 Å². The first-order valence-electron chi connectivity index (χ1n) is 10.9. The number of halogens is 1. The number of rotatable bonds is 4. The molecule has 2 aliphatic heterocycles. The summed E-state index contributed by atoms with van der Waals surface area (Å²) in [7, 11) is 1.55. The molecule has 0 bridgehead atoms. The van der Waals surface area contributed by atoms with Crippen molar-refractivity contribution in [2.24, 2.45) is 5.41 Å². The zero-order valence-corrected chi connectivity index (χ0v) is 19.1. The number of benzene rings is 3. The number of ether oxygens (including phenoxy) is 1. The van der Waals surface area contributed by atoms with Crippen LogP contribution in [0, 0.1) is 28.1 Å². The van der Waals surface area contributed by atoms with E-state index in [1.807, 2.05) is 65.6 Å². The number of ketones is 1. The number of hydrogen-bond acceptors (Lipinski definition) is 5. The second kappa shape index (κ2) is 8.37. The lowest BCUT2D eigenvalue weighted by Gasteiger charge is -2.35. The summed E-state index contributed by atoms with van der Waals surface area (Å²) in [6, 6.07) is 24.9. The first-order valence-corrected chi connectivity index (χ1v) is 11.2. The zero-order valence-electron chi connectivity index (χ0n) is 18.4. The van der Waals surface area contributed by atoms with E-state index in [1.54, 1.807) is 31.4 Å². The summed E-state index contributed by atoms with van der Waals surface area (Å²) >= 11 is 6.25. The van der Waals surface area contributed by atoms with Gasteiger partial charge in [0.15, 0.2) is 11.2 Å². The lowest BCUT2D eigenvalue weighted by Crippen LogP contribution is -2.44. The molecule has 5 rings (SSSR count). The average molecular weight is 466 g/mol. The van der Waals surface area contributed by atoms with Crippen LogP contribution in [-0.4, -0.2) is 25.0 Å². The molecule has 1 fully saturated rings. The van der Waals surface area contributed by atoms with E-state index in [1.165, 1.54) is 0 Å². The van der Waals surface area contributed by atoms with Crippen molar-refractivity contribution >= 4 is 29.1 Å². The summed E-state index contributed by atoms with van der Waals surface area (Å²) in [6.07, 6.45) is 3.71. The van der Waals surface area contributed by atoms with Crippen molar-refractivity contribution in [2.45, 2.75) is 18.0 Å². The Morgan fingerprint density at radius 1 is 1.03 bits per heavy atom. The fraction of sp³-hybridized carbons (Fsp3) is 0.179. The van der Waals surface area contributed by atoms with Crippen LogP contribution in [0.1, 0.15) is 27.4 Å². The molecule has 6 heteroatoms. The van der Waals surface area contributed by atoms with Gasteiger partial charge in [-0.3, -0.25) is 4.79 Å². The maximum atomic E-state index is 14.1. The van der Waals surface area contributed by atoms with Gasteiger partial charge in [-0.25, -0.2) is 0 Å². The molecular weight excluding hydrogens is 446 g/mol. The molecule has 3 atom stereocenters. The lowest BCUT2D eigenvalue weighted by atomic mass is 9.69. The van der Waals surface area contributed by atoms with Crippen molar-refractivity contribution < 1.29 is 9.53 Å². The number of Topliss-reactive ketones (excluding diaryl/α,β-unsaturated/α-hetero) is 1. The number of methoxy groups -OCH3 is 1. The van der Waals surface area contributed by atoms with E-state index in [4.69, 9.17) is 16.3 Å². The fourth-order valence-electron chi connectivity index (χ4n) is 5.30. The van der Waals surface area contributed by atoms with E-state index >= 15 is 0 Å². The molecule has 166 valence electrons. The maximum Gasteiger partial charge on any atom is 0.185 e. The zero-order chi connectivity index (χ0) is 23.9. The van der Waals surface area contributed by atoms with Crippen molar-refractivity contribution in [2.75, 3.05) is 12.0 Å². The highest BCUT2D eigenvalue weighted by Gasteiger charge is 2.63. The first kappa shape index (κ1) is 21.8. The van der Waals surface area contributed by atoms with Crippen molar-refractivity contribution in [3.05, 3.63) is 101 Å². The van der Waals surface area contributed by atoms with Crippen molar-refractivity contribution in [1.82, 2.24) is 0 Å². The minimum atomic E-state index is -1.53. The Morgan fingerprint density at radius 2 is 1.74 bits per heavy atom. The van der Waals surface area contributed by atoms with Gasteiger partial charge in [-0.2, -0.15) is 10.5 Å². The standard InChI is InChI=1S/C28H20ClN3O2/c1-34-23-10-6-5-9-21(23)25-26(27(33)18-7-3-2-4-8-18)32-22-13-12-20(29)15-19(22)11-14-24(32)28(25,16-30)17-31/h2-15,24-26H,1H3/t24-,25-,26+/m0/s1. The van der Waals surface area contributed by atoms with Crippen molar-refractivity contribution in [3.63, 3.8) is 0 Å². The van der Waals surface area contributed by atoms with Gasteiger partial charge in [-0.05, 0) is 29.8 Å². The van der Waals surface area contributed by atoms with Crippen molar-refractivity contribution in [1.29, 1.82) is 10.5 Å². The van der Waals surface area contributed by atoms with E-state index in [-0.39, 0.29) is 5.78 Å². The number of para-hydroxylation sites is 1. The number of nitrogens with zero attached hydrogens (tertiary/aromatic N) is 3. The molecule has 0 radical (unpaired) electrons. The van der Waals surface area contributed by atoms with E-state index in [9.17, 15) is 15.3 Å². The molecular formula is C28H20ClN3O2. The lowest BCUT2D eigenvalue weighted by molar-refractivity contribution is 0.0950. The molecule has 3 aromatic carbocycles. The summed E-state index contributed by atoms with van der Waals surface area (Å²) in [5.74, 6) is -0.388. The van der Waals surface area contributed by atoms with Crippen LogP contribution in [0.15, 0.2) is 78.9 Å². The van der Waals surface area contributed by atoms with E-state index in [0.29, 0.717) is 21.9 Å². The van der Waals surface area contributed by atoms with Crippen LogP contribution in [0.4, 0.5) is 5.69 Å². The van der Waals surface area contributed by atoms with Gasteiger partial charge in [0.2, 0.25) is 0 Å². The van der Waals surface area contributed by atoms with Gasteiger partial charge in [0.25, 0.3) is 0 Å². The summed E-state index contributed by atoms with van der Waals surface area (Å²) in [6.45, 7) is 0. The molecule has 0 aliphatic carbocycles. The minimum Gasteiger partial charge on any atom is -0.496 e. The predicted molar refractivity (Wildman–Crippen MR) is 131 cm³/mol. The highest BCUT2D eigenvalue weighted by molar-refractivity contribution is 6.30. The normalized spacial score (nSPS) is 21.6. The Balaban J connectivity index is 1.82. The maximum absolute atomic E-state index is 14.1. The monoisotopic (exact) mass is 465 g/mol. The molecule has 1 saturated heterocycles. The Kier molecular flexibility index (Phi) is 5.36. The molecule has 0 spiro atoms. The summed E-state index contributed by atoms with van der Waals surface area (Å²) in [5, 5.41) is 21.6.